The largest absolute Gasteiger partial charge is 0.378 e. The van der Waals surface area contributed by atoms with Gasteiger partial charge in [0.15, 0.2) is 0 Å². The molecule has 1 aromatic heterocycles. The van der Waals surface area contributed by atoms with Crippen LogP contribution in [0.3, 0.4) is 0 Å². The lowest BCUT2D eigenvalue weighted by Gasteiger charge is -2.22. The zero-order valence-corrected chi connectivity index (χ0v) is 14.7. The van der Waals surface area contributed by atoms with Crippen molar-refractivity contribution in [2.75, 3.05) is 19.0 Å². The van der Waals surface area contributed by atoms with Gasteiger partial charge in [-0.2, -0.15) is 0 Å². The summed E-state index contributed by atoms with van der Waals surface area (Å²) in [6, 6.07) is 19.7. The van der Waals surface area contributed by atoms with E-state index in [1.54, 1.807) is 0 Å². The van der Waals surface area contributed by atoms with E-state index in [-0.39, 0.29) is 5.41 Å². The van der Waals surface area contributed by atoms with E-state index in [1.807, 2.05) is 12.3 Å². The van der Waals surface area contributed by atoms with Gasteiger partial charge in [-0.3, -0.25) is 4.98 Å². The molecule has 3 aromatic rings. The highest BCUT2D eigenvalue weighted by atomic mass is 15.1. The monoisotopic (exact) mass is 314 g/mol. The van der Waals surface area contributed by atoms with Gasteiger partial charge in [-0.1, -0.05) is 50.2 Å². The zero-order valence-electron chi connectivity index (χ0n) is 14.7. The van der Waals surface area contributed by atoms with Crippen LogP contribution in [0.25, 0.3) is 22.4 Å². The number of nitrogens with zero attached hydrogens (tertiary/aromatic N) is 2. The molecule has 1 aliphatic carbocycles. The molecule has 0 spiro atoms. The highest BCUT2D eigenvalue weighted by Gasteiger charge is 2.35. The molecule has 24 heavy (non-hydrogen) atoms. The molecule has 0 amide bonds. The fraction of sp³-hybridized carbons (Fsp3) is 0.227. The molecule has 0 fully saturated rings. The maximum Gasteiger partial charge on any atom is 0.0722 e. The van der Waals surface area contributed by atoms with E-state index in [9.17, 15) is 0 Å². The molecule has 120 valence electrons. The molecular formula is C22H22N2. The van der Waals surface area contributed by atoms with Gasteiger partial charge in [0, 0.05) is 37.0 Å². The highest BCUT2D eigenvalue weighted by Crippen LogP contribution is 2.49. The van der Waals surface area contributed by atoms with Crippen molar-refractivity contribution in [3.8, 4) is 22.4 Å². The number of hydrogen-bond acceptors (Lipinski definition) is 2. The Morgan fingerprint density at radius 1 is 0.833 bits per heavy atom. The third-order valence-electron chi connectivity index (χ3n) is 5.14. The van der Waals surface area contributed by atoms with E-state index in [0.29, 0.717) is 0 Å². The first-order valence-corrected chi connectivity index (χ1v) is 8.36. The Hall–Kier alpha value is -2.61. The summed E-state index contributed by atoms with van der Waals surface area (Å²) in [7, 11) is 4.11. The van der Waals surface area contributed by atoms with E-state index in [2.05, 4.69) is 86.4 Å². The summed E-state index contributed by atoms with van der Waals surface area (Å²) in [5.41, 5.74) is 8.91. The third kappa shape index (κ3) is 2.14. The third-order valence-corrected chi connectivity index (χ3v) is 5.14. The van der Waals surface area contributed by atoms with Crippen LogP contribution in [0.4, 0.5) is 5.69 Å². The summed E-state index contributed by atoms with van der Waals surface area (Å²) in [5.74, 6) is 0. The minimum absolute atomic E-state index is 0.0289. The summed E-state index contributed by atoms with van der Waals surface area (Å²) in [5, 5.41) is 0. The Balaban J connectivity index is 1.87. The highest BCUT2D eigenvalue weighted by molar-refractivity contribution is 5.83. The van der Waals surface area contributed by atoms with Gasteiger partial charge in [-0.25, -0.2) is 0 Å². The number of fused-ring (bicyclic) bond motifs is 3. The van der Waals surface area contributed by atoms with Gasteiger partial charge in [0.05, 0.1) is 5.69 Å². The predicted octanol–water partition coefficient (Wildman–Crippen LogP) is 5.12. The van der Waals surface area contributed by atoms with Crippen LogP contribution in [-0.2, 0) is 5.41 Å². The molecule has 1 heterocycles. The summed E-state index contributed by atoms with van der Waals surface area (Å²) in [4.78, 5) is 6.70. The molecule has 0 saturated carbocycles. The average Bonchev–Trinajstić information content (AvgIpc) is 2.83. The van der Waals surface area contributed by atoms with Gasteiger partial charge in [-0.15, -0.1) is 0 Å². The maximum absolute atomic E-state index is 4.59. The fourth-order valence-electron chi connectivity index (χ4n) is 3.72. The van der Waals surface area contributed by atoms with Crippen molar-refractivity contribution in [1.29, 1.82) is 0 Å². The molecule has 2 aromatic carbocycles. The summed E-state index contributed by atoms with van der Waals surface area (Å²) in [6.45, 7) is 4.62. The normalized spacial score (nSPS) is 14.2. The summed E-state index contributed by atoms with van der Waals surface area (Å²) >= 11 is 0. The molecule has 0 aliphatic heterocycles. The van der Waals surface area contributed by atoms with Crippen LogP contribution < -0.4 is 4.90 Å². The van der Waals surface area contributed by atoms with Crippen molar-refractivity contribution in [2.24, 2.45) is 0 Å². The molecule has 0 bridgehead atoms. The Kier molecular flexibility index (Phi) is 3.24. The van der Waals surface area contributed by atoms with Crippen molar-refractivity contribution in [1.82, 2.24) is 4.98 Å². The molecule has 2 heteroatoms. The van der Waals surface area contributed by atoms with Crippen molar-refractivity contribution >= 4 is 5.69 Å². The molecule has 0 unspecified atom stereocenters. The van der Waals surface area contributed by atoms with Crippen LogP contribution in [0, 0.1) is 0 Å². The van der Waals surface area contributed by atoms with Gasteiger partial charge in [-0.05, 0) is 40.5 Å². The van der Waals surface area contributed by atoms with E-state index in [4.69, 9.17) is 0 Å². The van der Waals surface area contributed by atoms with Crippen LogP contribution in [0.2, 0.25) is 0 Å². The molecule has 0 N–H and O–H groups in total. The van der Waals surface area contributed by atoms with E-state index in [0.717, 1.165) is 5.69 Å². The summed E-state index contributed by atoms with van der Waals surface area (Å²) < 4.78 is 0. The molecule has 4 rings (SSSR count). The Morgan fingerprint density at radius 3 is 2.38 bits per heavy atom. The average molecular weight is 314 g/mol. The van der Waals surface area contributed by atoms with Crippen LogP contribution in [0.15, 0.2) is 60.8 Å². The SMILES string of the molecule is CN(C)c1ccnc(-c2ccc3c(c2)C(C)(C)c2ccccc2-3)c1. The van der Waals surface area contributed by atoms with Crippen molar-refractivity contribution in [3.63, 3.8) is 0 Å². The Morgan fingerprint density at radius 2 is 1.58 bits per heavy atom. The quantitative estimate of drug-likeness (QED) is 0.652. The van der Waals surface area contributed by atoms with Gasteiger partial charge in [0.2, 0.25) is 0 Å². The second kappa shape index (κ2) is 5.20. The molecule has 2 nitrogen and oxygen atoms in total. The first kappa shape index (κ1) is 14.9. The van der Waals surface area contributed by atoms with Gasteiger partial charge in [0.25, 0.3) is 0 Å². The number of benzene rings is 2. The molecule has 0 saturated heterocycles. The number of anilines is 1. The van der Waals surface area contributed by atoms with Crippen LogP contribution >= 0.6 is 0 Å². The predicted molar refractivity (Wildman–Crippen MR) is 102 cm³/mol. The zero-order chi connectivity index (χ0) is 16.9. The number of hydrogen-bond donors (Lipinski definition) is 0. The lowest BCUT2D eigenvalue weighted by atomic mass is 9.82. The molecular weight excluding hydrogens is 292 g/mol. The lowest BCUT2D eigenvalue weighted by molar-refractivity contribution is 0.660. The Labute approximate surface area is 143 Å². The van der Waals surface area contributed by atoms with Crippen LogP contribution in [-0.4, -0.2) is 19.1 Å². The first-order chi connectivity index (χ1) is 11.5. The first-order valence-electron chi connectivity index (χ1n) is 8.36. The van der Waals surface area contributed by atoms with Gasteiger partial charge >= 0.3 is 0 Å². The van der Waals surface area contributed by atoms with E-state index < -0.39 is 0 Å². The second-order valence-electron chi connectivity index (χ2n) is 7.22. The standard InChI is InChI=1S/C22H22N2/c1-22(2)19-8-6-5-7-17(19)18-10-9-15(13-20(18)22)21-14-16(24(3)4)11-12-23-21/h5-14H,1-4H3. The number of pyridine rings is 1. The van der Waals surface area contributed by atoms with Gasteiger partial charge < -0.3 is 4.90 Å². The molecule has 1 aliphatic rings. The van der Waals surface area contributed by atoms with Crippen molar-refractivity contribution < 1.29 is 0 Å². The van der Waals surface area contributed by atoms with E-state index >= 15 is 0 Å². The summed E-state index contributed by atoms with van der Waals surface area (Å²) in [6.07, 6.45) is 1.89. The van der Waals surface area contributed by atoms with Crippen molar-refractivity contribution in [2.45, 2.75) is 19.3 Å². The molecule has 0 atom stereocenters. The number of rotatable bonds is 2. The topological polar surface area (TPSA) is 16.1 Å². The van der Waals surface area contributed by atoms with Gasteiger partial charge in [0.1, 0.15) is 0 Å². The maximum atomic E-state index is 4.59. The van der Waals surface area contributed by atoms with Crippen molar-refractivity contribution in [3.05, 3.63) is 71.9 Å². The smallest absolute Gasteiger partial charge is 0.0722 e. The fourth-order valence-corrected chi connectivity index (χ4v) is 3.72. The van der Waals surface area contributed by atoms with Crippen LogP contribution in [0.1, 0.15) is 25.0 Å². The van der Waals surface area contributed by atoms with Crippen LogP contribution in [0.5, 0.6) is 0 Å². The van der Waals surface area contributed by atoms with E-state index in [1.165, 1.54) is 33.5 Å². The minimum atomic E-state index is 0.0289. The second-order valence-corrected chi connectivity index (χ2v) is 7.22. The lowest BCUT2D eigenvalue weighted by Crippen LogP contribution is -2.15. The Bertz CT molecular complexity index is 923. The number of aromatic nitrogens is 1. The minimum Gasteiger partial charge on any atom is -0.378 e. The molecule has 0 radical (unpaired) electrons.